The minimum Gasteiger partial charge on any atom is -0.272 e. The molecule has 6 nitrogen and oxygen atoms in total. The molecule has 0 fully saturated rings. The van der Waals surface area contributed by atoms with Crippen LogP contribution in [0.4, 0.5) is 11.5 Å². The van der Waals surface area contributed by atoms with Gasteiger partial charge in [0, 0.05) is 23.6 Å². The lowest BCUT2D eigenvalue weighted by Gasteiger charge is -2.19. The maximum absolute atomic E-state index is 13.1. The van der Waals surface area contributed by atoms with E-state index in [1.165, 1.54) is 0 Å². The Bertz CT molecular complexity index is 1360. The Balaban J connectivity index is 1.56. The molecule has 1 N–H and O–H groups in total. The highest BCUT2D eigenvalue weighted by Crippen LogP contribution is 2.47. The number of para-hydroxylation sites is 1. The quantitative estimate of drug-likeness (QED) is 0.511. The zero-order valence-electron chi connectivity index (χ0n) is 16.1. The lowest BCUT2D eigenvalue weighted by atomic mass is 10.0. The van der Waals surface area contributed by atoms with Crippen molar-refractivity contribution in [2.24, 2.45) is 0 Å². The summed E-state index contributed by atoms with van der Waals surface area (Å²) in [6.07, 6.45) is 2.15. The van der Waals surface area contributed by atoms with E-state index < -0.39 is 4.87 Å². The van der Waals surface area contributed by atoms with Crippen LogP contribution >= 0.6 is 11.6 Å². The molecule has 0 saturated carbocycles. The van der Waals surface area contributed by atoms with Gasteiger partial charge in [-0.3, -0.25) is 14.5 Å². The minimum absolute atomic E-state index is 0.217. The first kappa shape index (κ1) is 18.5. The summed E-state index contributed by atoms with van der Waals surface area (Å²) in [4.78, 5) is 30.0. The number of aromatic nitrogens is 3. The number of carbonyl (C=O) groups excluding carboxylic acids is 1. The molecule has 5 rings (SSSR count). The number of nitrogens with one attached hydrogen (secondary N) is 1. The number of fused-ring (bicyclic) bond motifs is 2. The number of nitrogens with zero attached hydrogens (tertiary/aromatic N) is 3. The summed E-state index contributed by atoms with van der Waals surface area (Å²) < 4.78 is 0. The number of H-pyrrole nitrogens is 1. The van der Waals surface area contributed by atoms with Crippen LogP contribution in [0.2, 0.25) is 0 Å². The van der Waals surface area contributed by atoms with E-state index in [1.54, 1.807) is 24.1 Å². The molecule has 0 bridgehead atoms. The topological polar surface area (TPSA) is 79.0 Å². The molecule has 4 aromatic rings. The fourth-order valence-electron chi connectivity index (χ4n) is 3.92. The molecule has 1 aliphatic heterocycles. The Kier molecular flexibility index (Phi) is 4.18. The number of alkyl halides is 1. The van der Waals surface area contributed by atoms with Crippen molar-refractivity contribution in [2.75, 3.05) is 4.90 Å². The van der Waals surface area contributed by atoms with E-state index in [2.05, 4.69) is 15.2 Å². The third-order valence-corrected chi connectivity index (χ3v) is 5.81. The number of amides is 1. The Labute approximate surface area is 177 Å². The molecule has 0 aliphatic carbocycles. The summed E-state index contributed by atoms with van der Waals surface area (Å²) in [6.45, 7) is 1.70. The van der Waals surface area contributed by atoms with Crippen LogP contribution in [-0.2, 0) is 16.1 Å². The van der Waals surface area contributed by atoms with Crippen molar-refractivity contribution in [3.05, 3.63) is 94.0 Å². The van der Waals surface area contributed by atoms with Gasteiger partial charge < -0.3 is 0 Å². The molecule has 0 radical (unpaired) electrons. The third kappa shape index (κ3) is 2.80. The first-order valence-corrected chi connectivity index (χ1v) is 9.89. The maximum atomic E-state index is 13.1. The second-order valence-corrected chi connectivity index (χ2v) is 8.16. The second-order valence-electron chi connectivity index (χ2n) is 7.40. The molecule has 30 heavy (non-hydrogen) atoms. The van der Waals surface area contributed by atoms with Crippen molar-refractivity contribution >= 4 is 39.8 Å². The number of hydrogen-bond acceptors (Lipinski definition) is 4. The van der Waals surface area contributed by atoms with E-state index in [4.69, 9.17) is 11.6 Å². The number of halogens is 1. The van der Waals surface area contributed by atoms with Crippen LogP contribution in [0.25, 0.3) is 10.8 Å². The number of rotatable bonds is 3. The summed E-state index contributed by atoms with van der Waals surface area (Å²) in [5, 5.41) is 8.20. The van der Waals surface area contributed by atoms with Crippen molar-refractivity contribution in [1.82, 2.24) is 15.2 Å². The van der Waals surface area contributed by atoms with Crippen LogP contribution in [0.1, 0.15) is 23.7 Å². The van der Waals surface area contributed by atoms with E-state index in [0.717, 1.165) is 27.9 Å². The minimum atomic E-state index is -1.13. The van der Waals surface area contributed by atoms with Crippen molar-refractivity contribution in [3.8, 4) is 0 Å². The number of benzene rings is 2. The number of aromatic amines is 1. The third-order valence-electron chi connectivity index (χ3n) is 5.44. The normalized spacial score (nSPS) is 18.1. The highest BCUT2D eigenvalue weighted by molar-refractivity contribution is 6.40. The zero-order valence-corrected chi connectivity index (χ0v) is 16.8. The lowest BCUT2D eigenvalue weighted by molar-refractivity contribution is -0.119. The number of carbonyl (C=O) groups is 1. The maximum Gasteiger partial charge on any atom is 0.272 e. The molecule has 2 aromatic heterocycles. The van der Waals surface area contributed by atoms with Crippen molar-refractivity contribution in [1.29, 1.82) is 0 Å². The van der Waals surface area contributed by atoms with Gasteiger partial charge >= 0.3 is 0 Å². The van der Waals surface area contributed by atoms with Gasteiger partial charge in [-0.05, 0) is 36.8 Å². The Morgan fingerprint density at radius 3 is 2.60 bits per heavy atom. The predicted molar refractivity (Wildman–Crippen MR) is 116 cm³/mol. The summed E-state index contributed by atoms with van der Waals surface area (Å²) in [5.41, 5.74) is 2.94. The molecule has 1 amide bonds. The molecule has 1 atom stereocenters. The van der Waals surface area contributed by atoms with E-state index in [9.17, 15) is 9.59 Å². The SMILES string of the molecule is CC1(Cl)C(=O)N(c2cc(Cc3n[nH]c(=O)c4ccccc34)ccn2)c2ccccc21. The number of hydrogen-bond donors (Lipinski definition) is 1. The lowest BCUT2D eigenvalue weighted by Crippen LogP contribution is -2.31. The van der Waals surface area contributed by atoms with Crippen LogP contribution in [-0.4, -0.2) is 21.1 Å². The largest absolute Gasteiger partial charge is 0.272 e. The van der Waals surface area contributed by atoms with Crippen molar-refractivity contribution in [2.45, 2.75) is 18.2 Å². The van der Waals surface area contributed by atoms with Crippen LogP contribution < -0.4 is 10.5 Å². The van der Waals surface area contributed by atoms with Crippen LogP contribution in [0, 0.1) is 0 Å². The van der Waals surface area contributed by atoms with Crippen molar-refractivity contribution < 1.29 is 4.79 Å². The van der Waals surface area contributed by atoms with E-state index in [1.807, 2.05) is 54.6 Å². The first-order chi connectivity index (χ1) is 14.5. The van der Waals surface area contributed by atoms with Crippen LogP contribution in [0.3, 0.4) is 0 Å². The van der Waals surface area contributed by atoms with Gasteiger partial charge in [-0.15, -0.1) is 11.6 Å². The molecule has 0 spiro atoms. The van der Waals surface area contributed by atoms with Gasteiger partial charge in [0.1, 0.15) is 10.7 Å². The molecular formula is C23H17ClN4O2. The van der Waals surface area contributed by atoms with Gasteiger partial charge in [-0.2, -0.15) is 5.10 Å². The standard InChI is InChI=1S/C23H17ClN4O2/c1-23(24)17-8-4-5-9-19(17)28(22(23)30)20-13-14(10-11-25-20)12-18-15-6-2-3-7-16(15)21(29)27-26-18/h2-11,13H,12H2,1H3,(H,27,29). The highest BCUT2D eigenvalue weighted by atomic mass is 35.5. The summed E-state index contributed by atoms with van der Waals surface area (Å²) in [7, 11) is 0. The highest BCUT2D eigenvalue weighted by Gasteiger charge is 2.47. The zero-order chi connectivity index (χ0) is 20.9. The fourth-order valence-corrected chi connectivity index (χ4v) is 4.16. The molecule has 1 aliphatic rings. The van der Waals surface area contributed by atoms with E-state index >= 15 is 0 Å². The van der Waals surface area contributed by atoms with Gasteiger partial charge in [0.25, 0.3) is 11.5 Å². The first-order valence-electron chi connectivity index (χ1n) is 9.51. The predicted octanol–water partition coefficient (Wildman–Crippen LogP) is 4.04. The average molecular weight is 417 g/mol. The smallest absolute Gasteiger partial charge is 0.272 e. The van der Waals surface area contributed by atoms with Gasteiger partial charge in [0.2, 0.25) is 0 Å². The Morgan fingerprint density at radius 1 is 1.03 bits per heavy atom. The van der Waals surface area contributed by atoms with Crippen LogP contribution in [0.15, 0.2) is 71.7 Å². The molecule has 1 unspecified atom stereocenters. The van der Waals surface area contributed by atoms with E-state index in [-0.39, 0.29) is 11.5 Å². The molecule has 0 saturated heterocycles. The average Bonchev–Trinajstić information content (AvgIpc) is 2.96. The summed E-state index contributed by atoms with van der Waals surface area (Å²) in [6, 6.07) is 18.6. The number of pyridine rings is 1. The van der Waals surface area contributed by atoms with Gasteiger partial charge in [-0.1, -0.05) is 36.4 Å². The molecule has 2 aromatic carbocycles. The Morgan fingerprint density at radius 2 is 1.77 bits per heavy atom. The molecule has 148 valence electrons. The van der Waals surface area contributed by atoms with Crippen molar-refractivity contribution in [3.63, 3.8) is 0 Å². The van der Waals surface area contributed by atoms with Crippen LogP contribution in [0.5, 0.6) is 0 Å². The Hall–Kier alpha value is -3.51. The molecular weight excluding hydrogens is 400 g/mol. The van der Waals surface area contributed by atoms with Gasteiger partial charge in [0.15, 0.2) is 0 Å². The summed E-state index contributed by atoms with van der Waals surface area (Å²) in [5.74, 6) is 0.269. The van der Waals surface area contributed by atoms with E-state index in [0.29, 0.717) is 17.6 Å². The monoisotopic (exact) mass is 416 g/mol. The van der Waals surface area contributed by atoms with Gasteiger partial charge in [0.05, 0.1) is 16.8 Å². The summed E-state index contributed by atoms with van der Waals surface area (Å²) >= 11 is 6.58. The number of anilines is 2. The van der Waals surface area contributed by atoms with Gasteiger partial charge in [-0.25, -0.2) is 10.1 Å². The second kappa shape index (κ2) is 6.78. The fraction of sp³-hybridized carbons (Fsp3) is 0.130. The molecule has 7 heteroatoms. The molecule has 3 heterocycles.